The topological polar surface area (TPSA) is 168 Å². The highest BCUT2D eigenvalue weighted by Gasteiger charge is 2.53. The first kappa shape index (κ1) is 27.7. The number of oxime groups is 1. The van der Waals surface area contributed by atoms with Gasteiger partial charge in [-0.2, -0.15) is 8.42 Å². The highest BCUT2D eigenvalue weighted by molar-refractivity contribution is 7.84. The second kappa shape index (κ2) is 12.7. The van der Waals surface area contributed by atoms with Gasteiger partial charge in [0.2, 0.25) is 0 Å². The predicted molar refractivity (Wildman–Crippen MR) is 123 cm³/mol. The highest BCUT2D eigenvalue weighted by Crippen LogP contribution is 2.27. The third-order valence-electron chi connectivity index (χ3n) is 4.79. The van der Waals surface area contributed by atoms with E-state index >= 15 is 0 Å². The summed E-state index contributed by atoms with van der Waals surface area (Å²) in [7, 11) is -3.45. The molecule has 1 aromatic heterocycles. The smallest absolute Gasteiger partial charge is 0.362 e. The first-order valence-corrected chi connectivity index (χ1v) is 12.5. The fourth-order valence-corrected chi connectivity index (χ4v) is 4.57. The summed E-state index contributed by atoms with van der Waals surface area (Å²) in [4.78, 5) is 35.4. The second-order valence-electron chi connectivity index (χ2n) is 6.73. The molecule has 1 saturated heterocycles. The van der Waals surface area contributed by atoms with Crippen LogP contribution in [0.1, 0.15) is 46.2 Å². The van der Waals surface area contributed by atoms with Gasteiger partial charge in [-0.15, -0.1) is 11.3 Å². The molecule has 0 aromatic carbocycles. The van der Waals surface area contributed by atoms with Gasteiger partial charge in [-0.1, -0.05) is 39.3 Å². The zero-order valence-corrected chi connectivity index (χ0v) is 20.6. The van der Waals surface area contributed by atoms with Gasteiger partial charge in [0.1, 0.15) is 18.8 Å². The first-order chi connectivity index (χ1) is 15.0. The van der Waals surface area contributed by atoms with Crippen LogP contribution in [0.25, 0.3) is 0 Å². The second-order valence-corrected chi connectivity index (χ2v) is 8.91. The average Bonchev–Trinajstić information content (AvgIpc) is 3.16. The van der Waals surface area contributed by atoms with Crippen LogP contribution < -0.4 is 11.1 Å². The Morgan fingerprint density at radius 3 is 2.31 bits per heavy atom. The Labute approximate surface area is 192 Å². The average molecular weight is 493 g/mol. The Morgan fingerprint density at radius 2 is 1.94 bits per heavy atom. The van der Waals surface area contributed by atoms with Crippen molar-refractivity contribution in [1.29, 1.82) is 0 Å². The van der Waals surface area contributed by atoms with Crippen LogP contribution in [0.4, 0.5) is 5.13 Å². The zero-order chi connectivity index (χ0) is 24.5. The van der Waals surface area contributed by atoms with E-state index in [2.05, 4.69) is 46.0 Å². The van der Waals surface area contributed by atoms with Gasteiger partial charge in [0.25, 0.3) is 11.8 Å². The van der Waals surface area contributed by atoms with Gasteiger partial charge in [-0.05, 0) is 26.1 Å². The molecule has 1 aliphatic heterocycles. The summed E-state index contributed by atoms with van der Waals surface area (Å²) in [5.74, 6) is -1.70. The molecule has 4 N–H and O–H groups in total. The molecule has 0 saturated carbocycles. The normalized spacial score (nSPS) is 18.7. The van der Waals surface area contributed by atoms with Crippen LogP contribution in [0.5, 0.6) is 0 Å². The Bertz CT molecular complexity index is 894. The number of rotatable bonds is 10. The van der Waals surface area contributed by atoms with Gasteiger partial charge in [0.05, 0.1) is 6.04 Å². The third-order valence-corrected chi connectivity index (χ3v) is 6.41. The van der Waals surface area contributed by atoms with Crippen LogP contribution in [0.15, 0.2) is 10.5 Å². The maximum Gasteiger partial charge on any atom is 0.362 e. The molecule has 14 heteroatoms. The third kappa shape index (κ3) is 7.12. The molecule has 32 heavy (non-hydrogen) atoms. The number of nitrogens with zero attached hydrogens (tertiary/aromatic N) is 4. The summed E-state index contributed by atoms with van der Waals surface area (Å²) in [6, 6.07) is -1.98. The highest BCUT2D eigenvalue weighted by atomic mass is 32.2. The summed E-state index contributed by atoms with van der Waals surface area (Å²) >= 11 is 1.09. The number of nitrogen functional groups attached to an aromatic ring is 1. The number of β-lactam (4-membered cyclic amide) rings is 1. The number of anilines is 1. The van der Waals surface area contributed by atoms with Gasteiger partial charge in [-0.3, -0.25) is 14.1 Å². The van der Waals surface area contributed by atoms with Crippen LogP contribution in [0.3, 0.4) is 0 Å². The van der Waals surface area contributed by atoms with E-state index < -0.39 is 34.2 Å². The molecule has 0 aliphatic carbocycles. The van der Waals surface area contributed by atoms with Crippen molar-refractivity contribution in [2.45, 2.75) is 52.6 Å². The summed E-state index contributed by atoms with van der Waals surface area (Å²) < 4.78 is 32.1. The number of thiazole rings is 1. The number of nitrogens with two attached hydrogens (primary N) is 1. The molecule has 2 atom stereocenters. The monoisotopic (exact) mass is 492 g/mol. The number of carbonyl (C=O) groups excluding carboxylic acids is 2. The van der Waals surface area contributed by atoms with Crippen molar-refractivity contribution in [2.75, 3.05) is 32.5 Å². The molecule has 0 bridgehead atoms. The van der Waals surface area contributed by atoms with Gasteiger partial charge in [0.15, 0.2) is 10.8 Å². The van der Waals surface area contributed by atoms with Crippen molar-refractivity contribution in [1.82, 2.24) is 19.5 Å². The summed E-state index contributed by atoms with van der Waals surface area (Å²) in [6.45, 7) is 11.9. The quantitative estimate of drug-likeness (QED) is 0.184. The summed E-state index contributed by atoms with van der Waals surface area (Å²) in [5.41, 5.74) is 5.48. The van der Waals surface area contributed by atoms with E-state index in [4.69, 9.17) is 10.3 Å². The number of hydrogen-bond acceptors (Lipinski definition) is 10. The molecule has 2 rings (SSSR count). The van der Waals surface area contributed by atoms with E-state index in [9.17, 15) is 18.0 Å². The lowest BCUT2D eigenvalue weighted by molar-refractivity contribution is -0.145. The minimum atomic E-state index is -4.68. The van der Waals surface area contributed by atoms with Crippen LogP contribution in [-0.2, 0) is 24.7 Å². The Kier molecular flexibility index (Phi) is 11.0. The number of nitrogens with one attached hydrogen (secondary N) is 1. The molecule has 0 spiro atoms. The Morgan fingerprint density at radius 1 is 1.34 bits per heavy atom. The molecule has 1 aromatic rings. The van der Waals surface area contributed by atoms with E-state index in [-0.39, 0.29) is 23.0 Å². The van der Waals surface area contributed by atoms with E-state index in [1.807, 2.05) is 0 Å². The number of amides is 2. The minimum Gasteiger partial charge on any atom is -0.398 e. The lowest BCUT2D eigenvalue weighted by Crippen LogP contribution is -2.72. The molecular weight excluding hydrogens is 460 g/mol. The first-order valence-electron chi connectivity index (χ1n) is 10.2. The Hall–Kier alpha value is -2.29. The SMILES string of the molecule is CCC[C@H]1[C@H](NC(=O)C(=NOC)c2csc(N)n2)C(=O)N1S(=O)(=O)O.CCN(CC)CC. The van der Waals surface area contributed by atoms with Crippen molar-refractivity contribution < 1.29 is 27.4 Å². The standard InChI is InChI=1S/C12H17N5O6S2.C6H15N/c1-3-4-7-9(11(19)17(7)25(20,21)22)15-10(18)8(16-23-2)6-5-24-12(13)14-6;1-4-7(5-2)6-3/h5,7,9H,3-4H2,1-2H3,(H2,13,14)(H,15,18)(H,20,21,22);4-6H2,1-3H3/t7-,9-;/m0./s1. The lowest BCUT2D eigenvalue weighted by Gasteiger charge is -2.44. The molecule has 0 unspecified atom stereocenters. The van der Waals surface area contributed by atoms with E-state index in [0.29, 0.717) is 10.7 Å². The fraction of sp³-hybridized carbons (Fsp3) is 0.667. The zero-order valence-electron chi connectivity index (χ0n) is 18.9. The molecule has 1 fully saturated rings. The lowest BCUT2D eigenvalue weighted by atomic mass is 9.94. The van der Waals surface area contributed by atoms with Crippen LogP contribution in [-0.4, -0.2) is 83.5 Å². The molecule has 0 radical (unpaired) electrons. The van der Waals surface area contributed by atoms with Crippen molar-refractivity contribution in [3.8, 4) is 0 Å². The number of aromatic nitrogens is 1. The van der Waals surface area contributed by atoms with Crippen molar-refractivity contribution in [3.05, 3.63) is 11.1 Å². The number of carbonyl (C=O) groups is 2. The Balaban J connectivity index is 0.000000633. The van der Waals surface area contributed by atoms with Gasteiger partial charge in [-0.25, -0.2) is 9.29 Å². The van der Waals surface area contributed by atoms with Gasteiger partial charge >= 0.3 is 10.3 Å². The van der Waals surface area contributed by atoms with Crippen molar-refractivity contribution in [3.63, 3.8) is 0 Å². The number of hydrogen-bond donors (Lipinski definition) is 3. The van der Waals surface area contributed by atoms with E-state index in [1.165, 1.54) is 32.1 Å². The predicted octanol–water partition coefficient (Wildman–Crippen LogP) is 0.722. The van der Waals surface area contributed by atoms with Gasteiger partial charge < -0.3 is 20.8 Å². The van der Waals surface area contributed by atoms with Crippen LogP contribution in [0, 0.1) is 0 Å². The summed E-state index contributed by atoms with van der Waals surface area (Å²) in [5, 5.41) is 7.69. The van der Waals surface area contributed by atoms with Crippen LogP contribution >= 0.6 is 11.3 Å². The van der Waals surface area contributed by atoms with E-state index in [1.54, 1.807) is 6.92 Å². The largest absolute Gasteiger partial charge is 0.398 e. The van der Waals surface area contributed by atoms with Crippen LogP contribution in [0.2, 0.25) is 0 Å². The molecular formula is C18H32N6O6S2. The maximum atomic E-state index is 12.4. The molecule has 1 aliphatic rings. The minimum absolute atomic E-state index is 0.160. The van der Waals surface area contributed by atoms with E-state index in [0.717, 1.165) is 11.3 Å². The van der Waals surface area contributed by atoms with Crippen molar-refractivity contribution in [2.24, 2.45) is 5.16 Å². The maximum absolute atomic E-state index is 12.4. The van der Waals surface area contributed by atoms with Crippen molar-refractivity contribution >= 4 is 44.3 Å². The van der Waals surface area contributed by atoms with Gasteiger partial charge in [0, 0.05) is 5.38 Å². The molecule has 2 amide bonds. The fourth-order valence-electron chi connectivity index (χ4n) is 3.11. The molecule has 182 valence electrons. The summed E-state index contributed by atoms with van der Waals surface area (Å²) in [6.07, 6.45) is 0.814. The molecule has 12 nitrogen and oxygen atoms in total. The molecule has 2 heterocycles.